The molecule has 0 fully saturated rings. The normalized spacial score (nSPS) is 11.3. The van der Waals surface area contributed by atoms with Gasteiger partial charge in [0.1, 0.15) is 11.4 Å². The highest BCUT2D eigenvalue weighted by Crippen LogP contribution is 2.25. The first-order valence-electron chi connectivity index (χ1n) is 5.66. The molecule has 1 aromatic carbocycles. The van der Waals surface area contributed by atoms with Crippen LogP contribution in [-0.4, -0.2) is 41.3 Å². The predicted octanol–water partition coefficient (Wildman–Crippen LogP) is 2.59. The Bertz CT molecular complexity index is 511. The van der Waals surface area contributed by atoms with Gasteiger partial charge in [-0.05, 0) is 26.6 Å². The molecule has 0 N–H and O–H groups in total. The maximum atomic E-state index is 4.38. The van der Waals surface area contributed by atoms with E-state index in [0.717, 1.165) is 28.2 Å². The van der Waals surface area contributed by atoms with Gasteiger partial charge < -0.3 is 4.90 Å². The van der Waals surface area contributed by atoms with Gasteiger partial charge in [-0.1, -0.05) is 18.2 Å². The Kier molecular flexibility index (Phi) is 3.97. The molecule has 17 heavy (non-hydrogen) atoms. The topological polar surface area (TPSA) is 29.0 Å². The summed E-state index contributed by atoms with van der Waals surface area (Å²) in [6, 6.07) is 6.25. The van der Waals surface area contributed by atoms with Gasteiger partial charge in [-0.15, -0.1) is 11.8 Å². The summed E-state index contributed by atoms with van der Waals surface area (Å²) in [6.45, 7) is 3.14. The van der Waals surface area contributed by atoms with E-state index in [9.17, 15) is 0 Å². The minimum Gasteiger partial charge on any atom is -0.309 e. The van der Waals surface area contributed by atoms with Crippen molar-refractivity contribution in [3.63, 3.8) is 0 Å². The summed E-state index contributed by atoms with van der Waals surface area (Å²) in [6.07, 6.45) is 1.66. The Morgan fingerprint density at radius 2 is 2.06 bits per heavy atom. The largest absolute Gasteiger partial charge is 0.309 e. The molecule has 4 heteroatoms. The van der Waals surface area contributed by atoms with Gasteiger partial charge in [0, 0.05) is 17.7 Å². The predicted molar refractivity (Wildman–Crippen MR) is 73.6 cm³/mol. The van der Waals surface area contributed by atoms with E-state index >= 15 is 0 Å². The minimum absolute atomic E-state index is 1.05. The van der Waals surface area contributed by atoms with Crippen LogP contribution >= 0.6 is 11.8 Å². The zero-order chi connectivity index (χ0) is 12.3. The number of thioether (sulfide) groups is 1. The van der Waals surface area contributed by atoms with Crippen molar-refractivity contribution in [2.45, 2.75) is 11.9 Å². The van der Waals surface area contributed by atoms with Gasteiger partial charge in [-0.3, -0.25) is 0 Å². The van der Waals surface area contributed by atoms with Gasteiger partial charge >= 0.3 is 0 Å². The molecule has 90 valence electrons. The summed E-state index contributed by atoms with van der Waals surface area (Å²) in [7, 11) is 4.17. The van der Waals surface area contributed by atoms with Crippen molar-refractivity contribution in [3.05, 3.63) is 30.1 Å². The first-order valence-corrected chi connectivity index (χ1v) is 6.65. The number of fused-ring (bicyclic) bond motifs is 1. The van der Waals surface area contributed by atoms with Crippen molar-refractivity contribution in [2.75, 3.05) is 26.4 Å². The zero-order valence-corrected chi connectivity index (χ0v) is 11.3. The van der Waals surface area contributed by atoms with E-state index in [-0.39, 0.29) is 0 Å². The van der Waals surface area contributed by atoms with Gasteiger partial charge in [-0.2, -0.15) is 0 Å². The molecule has 0 aliphatic rings. The van der Waals surface area contributed by atoms with Crippen molar-refractivity contribution in [1.82, 2.24) is 14.9 Å². The molecule has 1 heterocycles. The third-order valence-corrected chi connectivity index (χ3v) is 3.59. The smallest absolute Gasteiger partial charge is 0.117 e. The molecular formula is C13H17N3S. The zero-order valence-electron chi connectivity index (χ0n) is 10.5. The number of benzene rings is 1. The van der Waals surface area contributed by atoms with Crippen molar-refractivity contribution < 1.29 is 0 Å². The van der Waals surface area contributed by atoms with Crippen LogP contribution < -0.4 is 0 Å². The van der Waals surface area contributed by atoms with E-state index in [0.29, 0.717) is 0 Å². The second-order valence-corrected chi connectivity index (χ2v) is 5.39. The number of para-hydroxylation sites is 1. The summed E-state index contributed by atoms with van der Waals surface area (Å²) >= 11 is 1.79. The maximum absolute atomic E-state index is 4.38. The molecule has 2 rings (SSSR count). The number of hydrogen-bond acceptors (Lipinski definition) is 4. The van der Waals surface area contributed by atoms with Crippen LogP contribution in [0.15, 0.2) is 29.6 Å². The van der Waals surface area contributed by atoms with Crippen LogP contribution in [0.3, 0.4) is 0 Å². The average molecular weight is 247 g/mol. The minimum atomic E-state index is 1.05. The van der Waals surface area contributed by atoms with Crippen LogP contribution in [0, 0.1) is 6.92 Å². The quantitative estimate of drug-likeness (QED) is 0.613. The van der Waals surface area contributed by atoms with E-state index in [1.165, 1.54) is 5.56 Å². The lowest BCUT2D eigenvalue weighted by Gasteiger charge is -2.09. The lowest BCUT2D eigenvalue weighted by Crippen LogP contribution is -2.14. The molecule has 0 aliphatic heterocycles. The highest BCUT2D eigenvalue weighted by atomic mass is 32.2. The maximum Gasteiger partial charge on any atom is 0.117 e. The van der Waals surface area contributed by atoms with Crippen molar-refractivity contribution in [2.24, 2.45) is 0 Å². The van der Waals surface area contributed by atoms with Crippen LogP contribution in [-0.2, 0) is 0 Å². The second-order valence-electron chi connectivity index (χ2n) is 4.30. The van der Waals surface area contributed by atoms with Crippen molar-refractivity contribution in [3.8, 4) is 0 Å². The fourth-order valence-electron chi connectivity index (χ4n) is 1.65. The van der Waals surface area contributed by atoms with Crippen LogP contribution in [0.1, 0.15) is 5.56 Å². The number of rotatable bonds is 4. The highest BCUT2D eigenvalue weighted by Gasteiger charge is 2.05. The third kappa shape index (κ3) is 2.96. The van der Waals surface area contributed by atoms with Gasteiger partial charge in [0.15, 0.2) is 0 Å². The Morgan fingerprint density at radius 1 is 1.24 bits per heavy atom. The molecule has 0 bridgehead atoms. The SMILES string of the molecule is Cc1cccc2c(SCCN(C)C)ncnc12. The van der Waals surface area contributed by atoms with Crippen LogP contribution in [0.2, 0.25) is 0 Å². The molecule has 0 saturated carbocycles. The third-order valence-electron chi connectivity index (χ3n) is 2.61. The number of nitrogens with zero attached hydrogens (tertiary/aromatic N) is 3. The molecule has 1 aromatic heterocycles. The van der Waals surface area contributed by atoms with E-state index in [1.54, 1.807) is 18.1 Å². The summed E-state index contributed by atoms with van der Waals surface area (Å²) in [5, 5.41) is 2.25. The summed E-state index contributed by atoms with van der Waals surface area (Å²) in [5.74, 6) is 1.05. The lowest BCUT2D eigenvalue weighted by atomic mass is 10.1. The Morgan fingerprint density at radius 3 is 2.82 bits per heavy atom. The average Bonchev–Trinajstić information content (AvgIpc) is 2.30. The molecule has 2 aromatic rings. The molecule has 0 saturated heterocycles. The Hall–Kier alpha value is -1.13. The Balaban J connectivity index is 2.25. The Labute approximate surface area is 106 Å². The standard InChI is InChI=1S/C13H17N3S/c1-10-5-4-6-11-12(10)14-9-15-13(11)17-8-7-16(2)3/h4-6,9H,7-8H2,1-3H3. The fraction of sp³-hybridized carbons (Fsp3) is 0.385. The molecular weight excluding hydrogens is 230 g/mol. The molecule has 3 nitrogen and oxygen atoms in total. The number of aryl methyl sites for hydroxylation is 1. The first-order chi connectivity index (χ1) is 8.18. The molecule has 0 radical (unpaired) electrons. The van der Waals surface area contributed by atoms with Gasteiger partial charge in [0.2, 0.25) is 0 Å². The number of hydrogen-bond donors (Lipinski definition) is 0. The van der Waals surface area contributed by atoms with E-state index in [4.69, 9.17) is 0 Å². The molecule has 0 amide bonds. The van der Waals surface area contributed by atoms with E-state index in [2.05, 4.69) is 54.1 Å². The van der Waals surface area contributed by atoms with Crippen LogP contribution in [0.5, 0.6) is 0 Å². The second kappa shape index (κ2) is 5.47. The van der Waals surface area contributed by atoms with Gasteiger partial charge in [0.05, 0.1) is 5.52 Å². The number of aromatic nitrogens is 2. The highest BCUT2D eigenvalue weighted by molar-refractivity contribution is 7.99. The van der Waals surface area contributed by atoms with E-state index < -0.39 is 0 Å². The summed E-state index contributed by atoms with van der Waals surface area (Å²) < 4.78 is 0. The molecule has 0 aliphatic carbocycles. The monoisotopic (exact) mass is 247 g/mol. The van der Waals surface area contributed by atoms with Crippen LogP contribution in [0.25, 0.3) is 10.9 Å². The van der Waals surface area contributed by atoms with Gasteiger partial charge in [0.25, 0.3) is 0 Å². The summed E-state index contributed by atoms with van der Waals surface area (Å²) in [4.78, 5) is 10.9. The fourth-order valence-corrected chi connectivity index (χ4v) is 2.74. The van der Waals surface area contributed by atoms with Crippen molar-refractivity contribution in [1.29, 1.82) is 0 Å². The molecule has 0 atom stereocenters. The van der Waals surface area contributed by atoms with Crippen molar-refractivity contribution >= 4 is 22.7 Å². The molecule has 0 unspecified atom stereocenters. The first kappa shape index (κ1) is 12.3. The van der Waals surface area contributed by atoms with E-state index in [1.807, 2.05) is 0 Å². The lowest BCUT2D eigenvalue weighted by molar-refractivity contribution is 0.437. The van der Waals surface area contributed by atoms with Crippen LogP contribution in [0.4, 0.5) is 0 Å². The molecule has 0 spiro atoms. The summed E-state index contributed by atoms with van der Waals surface area (Å²) in [5.41, 5.74) is 2.27. The van der Waals surface area contributed by atoms with Gasteiger partial charge in [-0.25, -0.2) is 9.97 Å².